The molecule has 0 saturated carbocycles. The van der Waals surface area contributed by atoms with Crippen LogP contribution < -0.4 is 5.73 Å². The summed E-state index contributed by atoms with van der Waals surface area (Å²) in [5.74, 6) is -1.38. The van der Waals surface area contributed by atoms with Gasteiger partial charge >= 0.3 is 5.97 Å². The van der Waals surface area contributed by atoms with E-state index < -0.39 is 23.0 Å². The maximum atomic E-state index is 10.5. The lowest BCUT2D eigenvalue weighted by Gasteiger charge is -2.13. The maximum absolute atomic E-state index is 10.5. The van der Waals surface area contributed by atoms with Crippen LogP contribution >= 0.6 is 0 Å². The summed E-state index contributed by atoms with van der Waals surface area (Å²) in [4.78, 5) is 23.7. The van der Waals surface area contributed by atoms with E-state index in [1.807, 2.05) is 0 Å². The number of aliphatic hydroxyl groups excluding tert-OH is 1. The molecule has 0 saturated heterocycles. The SMILES string of the molecule is NC(C(=O)O)C(O)c1ccc([N+](=O)[O-])cn1. The number of pyridine rings is 1. The van der Waals surface area contributed by atoms with Crippen molar-refractivity contribution in [2.24, 2.45) is 5.73 Å². The zero-order chi connectivity index (χ0) is 12.3. The number of aliphatic carboxylic acids is 1. The molecule has 0 aliphatic rings. The smallest absolute Gasteiger partial charge is 0.323 e. The van der Waals surface area contributed by atoms with E-state index in [-0.39, 0.29) is 11.4 Å². The Morgan fingerprint density at radius 2 is 2.19 bits per heavy atom. The van der Waals surface area contributed by atoms with E-state index in [4.69, 9.17) is 10.8 Å². The standard InChI is InChI=1S/C8H9N3O5/c9-6(8(13)14)7(12)5-2-1-4(3-10-5)11(15)16/h1-3,6-7,12H,9H2,(H,13,14). The summed E-state index contributed by atoms with van der Waals surface area (Å²) >= 11 is 0. The van der Waals surface area contributed by atoms with Gasteiger partial charge in [0, 0.05) is 6.07 Å². The van der Waals surface area contributed by atoms with Crippen molar-refractivity contribution >= 4 is 11.7 Å². The van der Waals surface area contributed by atoms with E-state index in [1.54, 1.807) is 0 Å². The van der Waals surface area contributed by atoms with Gasteiger partial charge in [0.15, 0.2) is 0 Å². The molecule has 1 rings (SSSR count). The number of nitrogens with two attached hydrogens (primary N) is 1. The van der Waals surface area contributed by atoms with Crippen LogP contribution in [0.5, 0.6) is 0 Å². The van der Waals surface area contributed by atoms with Crippen LogP contribution in [0.4, 0.5) is 5.69 Å². The van der Waals surface area contributed by atoms with Crippen molar-refractivity contribution in [3.8, 4) is 0 Å². The Bertz CT molecular complexity index is 405. The first-order valence-corrected chi connectivity index (χ1v) is 4.20. The second kappa shape index (κ2) is 4.64. The molecule has 4 N–H and O–H groups in total. The Balaban J connectivity index is 2.89. The van der Waals surface area contributed by atoms with Gasteiger partial charge in [0.05, 0.1) is 10.6 Å². The zero-order valence-corrected chi connectivity index (χ0v) is 7.98. The van der Waals surface area contributed by atoms with Crippen molar-refractivity contribution in [1.82, 2.24) is 4.98 Å². The van der Waals surface area contributed by atoms with E-state index in [9.17, 15) is 20.0 Å². The van der Waals surface area contributed by atoms with Crippen molar-refractivity contribution in [3.05, 3.63) is 34.1 Å². The van der Waals surface area contributed by atoms with E-state index in [1.165, 1.54) is 0 Å². The molecule has 8 heteroatoms. The minimum Gasteiger partial charge on any atom is -0.480 e. The van der Waals surface area contributed by atoms with Crippen LogP contribution in [0.3, 0.4) is 0 Å². The number of nitro groups is 1. The first kappa shape index (κ1) is 12.0. The number of carboxylic acids is 1. The highest BCUT2D eigenvalue weighted by Gasteiger charge is 2.25. The van der Waals surface area contributed by atoms with Crippen LogP contribution in [0.25, 0.3) is 0 Å². The molecule has 0 aromatic carbocycles. The predicted molar refractivity (Wildman–Crippen MR) is 51.5 cm³/mol. The number of rotatable bonds is 4. The first-order valence-electron chi connectivity index (χ1n) is 4.20. The summed E-state index contributed by atoms with van der Waals surface area (Å²) in [7, 11) is 0. The lowest BCUT2D eigenvalue weighted by atomic mass is 10.1. The van der Waals surface area contributed by atoms with Gasteiger partial charge in [-0.25, -0.2) is 0 Å². The van der Waals surface area contributed by atoms with Crippen molar-refractivity contribution < 1.29 is 19.9 Å². The summed E-state index contributed by atoms with van der Waals surface area (Å²) in [6.07, 6.45) is -0.578. The van der Waals surface area contributed by atoms with Gasteiger partial charge in [-0.2, -0.15) is 0 Å². The molecule has 1 aromatic heterocycles. The molecule has 0 spiro atoms. The van der Waals surface area contributed by atoms with E-state index in [2.05, 4.69) is 4.98 Å². The molecule has 1 heterocycles. The summed E-state index contributed by atoms with van der Waals surface area (Å²) < 4.78 is 0. The van der Waals surface area contributed by atoms with Crippen LogP contribution in [0.2, 0.25) is 0 Å². The molecule has 2 atom stereocenters. The fraction of sp³-hybridized carbons (Fsp3) is 0.250. The molecule has 0 aliphatic heterocycles. The number of carboxylic acid groups (broad SMARTS) is 1. The van der Waals surface area contributed by atoms with Gasteiger partial charge in [-0.05, 0) is 6.07 Å². The van der Waals surface area contributed by atoms with Gasteiger partial charge in [0.1, 0.15) is 18.3 Å². The number of aliphatic hydroxyl groups is 1. The minimum absolute atomic E-state index is 0.0273. The molecular formula is C8H9N3O5. The van der Waals surface area contributed by atoms with Crippen molar-refractivity contribution in [2.75, 3.05) is 0 Å². The van der Waals surface area contributed by atoms with E-state index in [0.717, 1.165) is 18.3 Å². The summed E-state index contributed by atoms with van der Waals surface area (Å²) in [5.41, 5.74) is 4.89. The van der Waals surface area contributed by atoms with E-state index >= 15 is 0 Å². The maximum Gasteiger partial charge on any atom is 0.323 e. The van der Waals surface area contributed by atoms with Gasteiger partial charge in [0.25, 0.3) is 5.69 Å². The quantitative estimate of drug-likeness (QED) is 0.462. The Labute approximate surface area is 89.5 Å². The molecule has 86 valence electrons. The zero-order valence-electron chi connectivity index (χ0n) is 7.98. The van der Waals surface area contributed by atoms with E-state index in [0.29, 0.717) is 0 Å². The van der Waals surface area contributed by atoms with Crippen molar-refractivity contribution in [1.29, 1.82) is 0 Å². The monoisotopic (exact) mass is 227 g/mol. The number of aromatic nitrogens is 1. The Morgan fingerprint density at radius 3 is 2.56 bits per heavy atom. The fourth-order valence-electron chi connectivity index (χ4n) is 0.999. The molecule has 1 aromatic rings. The number of nitrogens with zero attached hydrogens (tertiary/aromatic N) is 2. The highest BCUT2D eigenvalue weighted by Crippen LogP contribution is 2.16. The third-order valence-corrected chi connectivity index (χ3v) is 1.91. The summed E-state index contributed by atoms with van der Waals surface area (Å²) in [6.45, 7) is 0. The second-order valence-corrected chi connectivity index (χ2v) is 3.01. The fourth-order valence-corrected chi connectivity index (χ4v) is 0.999. The first-order chi connectivity index (χ1) is 7.43. The van der Waals surface area contributed by atoms with Crippen LogP contribution in [-0.4, -0.2) is 32.1 Å². The number of hydrogen-bond acceptors (Lipinski definition) is 6. The van der Waals surface area contributed by atoms with Crippen molar-refractivity contribution in [2.45, 2.75) is 12.1 Å². The summed E-state index contributed by atoms with van der Waals surface area (Å²) in [6, 6.07) is 0.750. The lowest BCUT2D eigenvalue weighted by Crippen LogP contribution is -2.36. The van der Waals surface area contributed by atoms with Crippen LogP contribution in [0.15, 0.2) is 18.3 Å². The van der Waals surface area contributed by atoms with Gasteiger partial charge in [0.2, 0.25) is 0 Å². The molecule has 0 amide bonds. The molecule has 2 unspecified atom stereocenters. The predicted octanol–water partition coefficient (Wildman–Crippen LogP) is -0.565. The Hall–Kier alpha value is -2.06. The summed E-state index contributed by atoms with van der Waals surface area (Å²) in [5, 5.41) is 28.3. The Morgan fingerprint density at radius 1 is 1.56 bits per heavy atom. The average Bonchev–Trinajstić information content (AvgIpc) is 2.27. The largest absolute Gasteiger partial charge is 0.480 e. The Kier molecular flexibility index (Phi) is 3.48. The van der Waals surface area contributed by atoms with Gasteiger partial charge in [-0.15, -0.1) is 0 Å². The topological polar surface area (TPSA) is 140 Å². The van der Waals surface area contributed by atoms with Crippen LogP contribution in [-0.2, 0) is 4.79 Å². The molecule has 0 fully saturated rings. The lowest BCUT2D eigenvalue weighted by molar-refractivity contribution is -0.385. The van der Waals surface area contributed by atoms with Crippen LogP contribution in [0, 0.1) is 10.1 Å². The number of carbonyl (C=O) groups is 1. The molecule has 0 radical (unpaired) electrons. The molecule has 0 bridgehead atoms. The highest BCUT2D eigenvalue weighted by molar-refractivity contribution is 5.74. The average molecular weight is 227 g/mol. The third kappa shape index (κ3) is 2.49. The third-order valence-electron chi connectivity index (χ3n) is 1.91. The molecular weight excluding hydrogens is 218 g/mol. The molecule has 16 heavy (non-hydrogen) atoms. The van der Waals surface area contributed by atoms with Crippen LogP contribution in [0.1, 0.15) is 11.8 Å². The number of hydrogen-bond donors (Lipinski definition) is 3. The molecule has 0 aliphatic carbocycles. The minimum atomic E-state index is -1.52. The van der Waals surface area contributed by atoms with Gasteiger partial charge in [-0.1, -0.05) is 0 Å². The van der Waals surface area contributed by atoms with Gasteiger partial charge < -0.3 is 15.9 Å². The normalized spacial score (nSPS) is 14.1. The second-order valence-electron chi connectivity index (χ2n) is 3.01. The van der Waals surface area contributed by atoms with Gasteiger partial charge in [-0.3, -0.25) is 19.9 Å². The molecule has 8 nitrogen and oxygen atoms in total. The van der Waals surface area contributed by atoms with Crippen molar-refractivity contribution in [3.63, 3.8) is 0 Å². The highest BCUT2D eigenvalue weighted by atomic mass is 16.6.